The lowest BCUT2D eigenvalue weighted by Gasteiger charge is -2.14. The largest absolute Gasteiger partial charge is 0.481 e. The van der Waals surface area contributed by atoms with Crippen LogP contribution in [0.3, 0.4) is 0 Å². The molecule has 0 fully saturated rings. The highest BCUT2D eigenvalue weighted by Crippen LogP contribution is 2.13. The van der Waals surface area contributed by atoms with Gasteiger partial charge in [0.2, 0.25) is 17.7 Å². The van der Waals surface area contributed by atoms with Crippen molar-refractivity contribution in [1.82, 2.24) is 16.0 Å². The van der Waals surface area contributed by atoms with Crippen molar-refractivity contribution < 1.29 is 57.9 Å². The zero-order valence-corrected chi connectivity index (χ0v) is 29.2. The van der Waals surface area contributed by atoms with Gasteiger partial charge in [-0.2, -0.15) is 0 Å². The molecule has 0 spiro atoms. The van der Waals surface area contributed by atoms with Gasteiger partial charge in [0.15, 0.2) is 0 Å². The number of hydrogen-bond donors (Lipinski definition) is 5. The van der Waals surface area contributed by atoms with Crippen LogP contribution >= 0.6 is 0 Å². The van der Waals surface area contributed by atoms with Crippen molar-refractivity contribution in [3.63, 3.8) is 0 Å². The first-order valence-corrected chi connectivity index (χ1v) is 17.8. The predicted molar refractivity (Wildman–Crippen MR) is 181 cm³/mol. The van der Waals surface area contributed by atoms with Crippen LogP contribution in [-0.2, 0) is 47.7 Å². The van der Waals surface area contributed by atoms with E-state index < -0.39 is 18.0 Å². The number of hydrogen-bond acceptors (Lipinski definition) is 10. The van der Waals surface area contributed by atoms with E-state index in [4.69, 9.17) is 24.1 Å². The lowest BCUT2D eigenvalue weighted by Crippen LogP contribution is -2.41. The molecule has 0 saturated carbocycles. The molecular weight excluding hydrogens is 642 g/mol. The topological polar surface area (TPSA) is 216 Å². The summed E-state index contributed by atoms with van der Waals surface area (Å²) in [5.74, 6) is -2.87. The van der Waals surface area contributed by atoms with Gasteiger partial charge in [-0.25, -0.2) is 4.79 Å². The summed E-state index contributed by atoms with van der Waals surface area (Å²) < 4.78 is 20.7. The molecule has 0 aliphatic rings. The molecule has 1 atom stereocenters. The quantitative estimate of drug-likeness (QED) is 0.0467. The minimum Gasteiger partial charge on any atom is -0.481 e. The number of aldehydes is 1. The Labute approximate surface area is 290 Å². The standard InChI is InChI=1S/C34H61N3O12/c38-20-23-48-25-24-46-22-19-36-32(41)28-49-27-26-47-21-18-35-30(39)17-16-29(34(44)45)37-31(40)14-12-10-8-6-4-2-1-3-5-7-9-11-13-15-33(42)43/h20,29H,1-19,21-28H2,(H,35,39)(H,36,41)(H,37,40)(H,42,43)(H,44,45)/t29-/m0/s1. The van der Waals surface area contributed by atoms with Crippen LogP contribution in [0.2, 0.25) is 0 Å². The van der Waals surface area contributed by atoms with Gasteiger partial charge >= 0.3 is 11.9 Å². The molecule has 284 valence electrons. The number of unbranched alkanes of at least 4 members (excludes halogenated alkanes) is 12. The molecule has 49 heavy (non-hydrogen) atoms. The Bertz CT molecular complexity index is 890. The van der Waals surface area contributed by atoms with E-state index >= 15 is 0 Å². The van der Waals surface area contributed by atoms with Crippen LogP contribution in [-0.4, -0.2) is 118 Å². The second-order valence-electron chi connectivity index (χ2n) is 11.7. The molecule has 0 aliphatic heterocycles. The third-order valence-electron chi connectivity index (χ3n) is 7.39. The summed E-state index contributed by atoms with van der Waals surface area (Å²) in [5.41, 5.74) is 0. The molecule has 0 aromatic carbocycles. The summed E-state index contributed by atoms with van der Waals surface area (Å²) in [4.78, 5) is 68.2. The van der Waals surface area contributed by atoms with E-state index in [9.17, 15) is 33.9 Å². The Kier molecular flexibility index (Phi) is 32.5. The number of carbonyl (C=O) groups is 6. The average Bonchev–Trinajstić information content (AvgIpc) is 3.06. The van der Waals surface area contributed by atoms with Gasteiger partial charge in [0.25, 0.3) is 0 Å². The van der Waals surface area contributed by atoms with E-state index in [0.717, 1.165) is 44.9 Å². The second-order valence-corrected chi connectivity index (χ2v) is 11.7. The molecule has 5 N–H and O–H groups in total. The van der Waals surface area contributed by atoms with Gasteiger partial charge < -0.3 is 49.9 Å². The molecule has 0 heterocycles. The van der Waals surface area contributed by atoms with Crippen LogP contribution in [0.15, 0.2) is 0 Å². The maximum absolute atomic E-state index is 12.2. The van der Waals surface area contributed by atoms with E-state index in [2.05, 4.69) is 16.0 Å². The molecule has 0 radical (unpaired) electrons. The molecule has 15 heteroatoms. The van der Waals surface area contributed by atoms with Crippen LogP contribution < -0.4 is 16.0 Å². The molecule has 0 saturated heterocycles. The van der Waals surface area contributed by atoms with E-state index in [1.807, 2.05) is 0 Å². The van der Waals surface area contributed by atoms with Crippen molar-refractivity contribution in [3.05, 3.63) is 0 Å². The lowest BCUT2D eigenvalue weighted by atomic mass is 10.0. The number of amides is 3. The van der Waals surface area contributed by atoms with Crippen molar-refractivity contribution in [2.75, 3.05) is 65.9 Å². The summed E-state index contributed by atoms with van der Waals surface area (Å²) in [6.07, 6.45) is 14.9. The van der Waals surface area contributed by atoms with Crippen LogP contribution in [0, 0.1) is 0 Å². The van der Waals surface area contributed by atoms with Crippen molar-refractivity contribution in [3.8, 4) is 0 Å². The second kappa shape index (κ2) is 34.7. The zero-order valence-electron chi connectivity index (χ0n) is 29.2. The molecule has 0 aromatic rings. The highest BCUT2D eigenvalue weighted by Gasteiger charge is 2.20. The van der Waals surface area contributed by atoms with E-state index in [-0.39, 0.29) is 83.0 Å². The monoisotopic (exact) mass is 703 g/mol. The van der Waals surface area contributed by atoms with Gasteiger partial charge in [0, 0.05) is 32.4 Å². The van der Waals surface area contributed by atoms with Crippen LogP contribution in [0.25, 0.3) is 0 Å². The Morgan fingerprint density at radius 3 is 1.51 bits per heavy atom. The molecule has 0 aromatic heterocycles. The highest BCUT2D eigenvalue weighted by atomic mass is 16.5. The first-order valence-electron chi connectivity index (χ1n) is 17.8. The summed E-state index contributed by atoms with van der Waals surface area (Å²) in [6, 6.07) is -1.13. The number of aliphatic carboxylic acids is 2. The SMILES string of the molecule is O=CCOCCOCCNC(=O)COCCOCCNC(=O)CC[C@H](NC(=O)CCCCCCCCCCCCCCCC(=O)O)C(=O)O. The zero-order chi connectivity index (χ0) is 36.2. The molecule has 0 aliphatic carbocycles. The number of rotatable bonds is 37. The minimum absolute atomic E-state index is 0.0175. The number of carbonyl (C=O) groups excluding carboxylic acids is 4. The summed E-state index contributed by atoms with van der Waals surface area (Å²) in [5, 5.41) is 25.9. The third kappa shape index (κ3) is 34.5. The predicted octanol–water partition coefficient (Wildman–Crippen LogP) is 2.77. The highest BCUT2D eigenvalue weighted by molar-refractivity contribution is 5.84. The Morgan fingerprint density at radius 2 is 1.00 bits per heavy atom. The molecule has 0 unspecified atom stereocenters. The summed E-state index contributed by atoms with van der Waals surface area (Å²) >= 11 is 0. The van der Waals surface area contributed by atoms with Crippen molar-refractivity contribution in [1.29, 1.82) is 0 Å². The minimum atomic E-state index is -1.18. The Balaban J connectivity index is 3.67. The van der Waals surface area contributed by atoms with E-state index in [0.29, 0.717) is 39.1 Å². The fourth-order valence-corrected chi connectivity index (χ4v) is 4.71. The van der Waals surface area contributed by atoms with E-state index in [1.165, 1.54) is 32.1 Å². The maximum Gasteiger partial charge on any atom is 0.326 e. The number of ether oxygens (including phenoxy) is 4. The average molecular weight is 704 g/mol. The fourth-order valence-electron chi connectivity index (χ4n) is 4.71. The number of nitrogens with one attached hydrogen (secondary N) is 3. The maximum atomic E-state index is 12.2. The number of carboxylic acid groups (broad SMARTS) is 2. The number of carboxylic acids is 2. The summed E-state index contributed by atoms with van der Waals surface area (Å²) in [6.45, 7) is 2.00. The third-order valence-corrected chi connectivity index (χ3v) is 7.39. The van der Waals surface area contributed by atoms with Crippen molar-refractivity contribution >= 4 is 35.9 Å². The first-order chi connectivity index (χ1) is 23.8. The van der Waals surface area contributed by atoms with Gasteiger partial charge in [0.1, 0.15) is 25.5 Å². The van der Waals surface area contributed by atoms with Gasteiger partial charge in [0.05, 0.1) is 39.6 Å². The molecule has 15 nitrogen and oxygen atoms in total. The van der Waals surface area contributed by atoms with Crippen molar-refractivity contribution in [2.45, 2.75) is 115 Å². The first kappa shape index (κ1) is 45.9. The Morgan fingerprint density at radius 1 is 0.531 bits per heavy atom. The molecule has 0 rings (SSSR count). The van der Waals surface area contributed by atoms with Gasteiger partial charge in [-0.3, -0.25) is 19.2 Å². The van der Waals surface area contributed by atoms with E-state index in [1.54, 1.807) is 0 Å². The molecular formula is C34H61N3O12. The lowest BCUT2D eigenvalue weighted by molar-refractivity contribution is -0.142. The fraction of sp³-hybridized carbons (Fsp3) is 0.824. The van der Waals surface area contributed by atoms with Crippen LogP contribution in [0.5, 0.6) is 0 Å². The van der Waals surface area contributed by atoms with Gasteiger partial charge in [-0.1, -0.05) is 70.6 Å². The van der Waals surface area contributed by atoms with Gasteiger partial charge in [-0.05, 0) is 19.3 Å². The van der Waals surface area contributed by atoms with Crippen LogP contribution in [0.4, 0.5) is 0 Å². The Hall–Kier alpha value is -3.14. The normalized spacial score (nSPS) is 11.5. The van der Waals surface area contributed by atoms with Crippen molar-refractivity contribution in [2.24, 2.45) is 0 Å². The summed E-state index contributed by atoms with van der Waals surface area (Å²) in [7, 11) is 0. The van der Waals surface area contributed by atoms with Crippen LogP contribution in [0.1, 0.15) is 109 Å². The molecule has 3 amide bonds. The van der Waals surface area contributed by atoms with Gasteiger partial charge in [-0.15, -0.1) is 0 Å². The smallest absolute Gasteiger partial charge is 0.326 e. The molecule has 0 bridgehead atoms.